The van der Waals surface area contributed by atoms with Crippen molar-refractivity contribution in [3.05, 3.63) is 76.7 Å². The fraction of sp³-hybridized carbons (Fsp3) is 0.214. The summed E-state index contributed by atoms with van der Waals surface area (Å²) >= 11 is 1.45. The average Bonchev–Trinajstić information content (AvgIpc) is 3.50. The highest BCUT2D eigenvalue weighted by molar-refractivity contribution is 7.16. The minimum atomic E-state index is -1.32. The van der Waals surface area contributed by atoms with Crippen LogP contribution in [0.4, 0.5) is 11.4 Å². The first kappa shape index (κ1) is 25.8. The number of aliphatic carboxylic acids is 1. The fourth-order valence-electron chi connectivity index (χ4n) is 4.01. The topological polar surface area (TPSA) is 111 Å². The molecule has 9 heteroatoms. The molecule has 0 spiro atoms. The zero-order valence-corrected chi connectivity index (χ0v) is 21.4. The van der Waals surface area contributed by atoms with Gasteiger partial charge in [0.05, 0.1) is 16.8 Å². The Morgan fingerprint density at radius 3 is 2.27 bits per heavy atom. The summed E-state index contributed by atoms with van der Waals surface area (Å²) in [4.78, 5) is 40.1. The quantitative estimate of drug-likeness (QED) is 0.338. The molecule has 0 unspecified atom stereocenters. The zero-order valence-electron chi connectivity index (χ0n) is 20.5. The van der Waals surface area contributed by atoms with E-state index in [2.05, 4.69) is 48.1 Å². The van der Waals surface area contributed by atoms with E-state index in [0.29, 0.717) is 0 Å². The van der Waals surface area contributed by atoms with Crippen molar-refractivity contribution in [2.45, 2.75) is 26.7 Å². The first-order valence-corrected chi connectivity index (χ1v) is 12.8. The number of benzene rings is 2. The minimum absolute atomic E-state index is 0.0342. The second-order valence-electron chi connectivity index (χ2n) is 8.46. The molecule has 2 N–H and O–H groups in total. The number of carboxylic acids is 2. The minimum Gasteiger partial charge on any atom is -0.478 e. The van der Waals surface area contributed by atoms with E-state index in [1.54, 1.807) is 0 Å². The summed E-state index contributed by atoms with van der Waals surface area (Å²) in [5, 5.41) is 23.7. The van der Waals surface area contributed by atoms with Crippen LogP contribution in [0.2, 0.25) is 0 Å². The van der Waals surface area contributed by atoms with Gasteiger partial charge in [0, 0.05) is 28.5 Å². The first-order valence-electron chi connectivity index (χ1n) is 12.0. The number of carbonyl (C=O) groups excluding carboxylic acids is 1. The van der Waals surface area contributed by atoms with E-state index in [4.69, 9.17) is 5.11 Å². The molecule has 0 aliphatic carbocycles. The summed E-state index contributed by atoms with van der Waals surface area (Å²) in [7, 11) is 0. The van der Waals surface area contributed by atoms with Crippen LogP contribution < -0.4 is 9.91 Å². The van der Waals surface area contributed by atoms with Gasteiger partial charge >= 0.3 is 11.9 Å². The van der Waals surface area contributed by atoms with E-state index in [1.807, 2.05) is 12.1 Å². The van der Waals surface area contributed by atoms with Gasteiger partial charge in [0.25, 0.3) is 5.91 Å². The summed E-state index contributed by atoms with van der Waals surface area (Å²) in [6, 6.07) is 17.7. The van der Waals surface area contributed by atoms with E-state index in [0.717, 1.165) is 46.3 Å². The van der Waals surface area contributed by atoms with Gasteiger partial charge in [-0.2, -0.15) is 10.1 Å². The van der Waals surface area contributed by atoms with Crippen molar-refractivity contribution in [1.82, 2.24) is 0 Å². The highest BCUT2D eigenvalue weighted by Gasteiger charge is 2.35. The number of amides is 1. The SMILES string of the molecule is CCCCN(CC)c1ccc(-c2ccc(/C=C3\C(=O)N(c4ccc(C(=O)O)cc4)N=C3C(=O)O)s2)cc1. The third kappa shape index (κ3) is 5.62. The van der Waals surface area contributed by atoms with Gasteiger partial charge in [-0.15, -0.1) is 11.3 Å². The summed E-state index contributed by atoms with van der Waals surface area (Å²) < 4.78 is 0. The molecule has 2 heterocycles. The number of carbonyl (C=O) groups is 3. The van der Waals surface area contributed by atoms with Crippen molar-refractivity contribution in [3.8, 4) is 10.4 Å². The molecular weight excluding hydrogens is 490 g/mol. The number of carboxylic acid groups (broad SMARTS) is 2. The second kappa shape index (κ2) is 11.2. The van der Waals surface area contributed by atoms with Crippen molar-refractivity contribution in [1.29, 1.82) is 0 Å². The van der Waals surface area contributed by atoms with Gasteiger partial charge < -0.3 is 15.1 Å². The lowest BCUT2D eigenvalue weighted by molar-refractivity contribution is -0.129. The lowest BCUT2D eigenvalue weighted by Crippen LogP contribution is -2.23. The van der Waals surface area contributed by atoms with Crippen molar-refractivity contribution in [3.63, 3.8) is 0 Å². The predicted octanol–water partition coefficient (Wildman–Crippen LogP) is 5.61. The number of thiophene rings is 1. The van der Waals surface area contributed by atoms with Crippen molar-refractivity contribution in [2.75, 3.05) is 23.0 Å². The lowest BCUT2D eigenvalue weighted by Gasteiger charge is -2.23. The first-order chi connectivity index (χ1) is 17.8. The number of nitrogens with zero attached hydrogens (tertiary/aromatic N) is 3. The third-order valence-corrected chi connectivity index (χ3v) is 7.11. The van der Waals surface area contributed by atoms with Gasteiger partial charge in [-0.25, -0.2) is 9.59 Å². The zero-order chi connectivity index (χ0) is 26.5. The molecule has 0 saturated carbocycles. The van der Waals surface area contributed by atoms with E-state index in [-0.39, 0.29) is 22.5 Å². The molecule has 190 valence electrons. The van der Waals surface area contributed by atoms with Crippen LogP contribution in [0.15, 0.2) is 71.3 Å². The smallest absolute Gasteiger partial charge is 0.357 e. The van der Waals surface area contributed by atoms with E-state index in [1.165, 1.54) is 47.4 Å². The Morgan fingerprint density at radius 1 is 0.973 bits per heavy atom. The van der Waals surface area contributed by atoms with Crippen LogP contribution >= 0.6 is 11.3 Å². The van der Waals surface area contributed by atoms with E-state index >= 15 is 0 Å². The number of hydrogen-bond acceptors (Lipinski definition) is 6. The van der Waals surface area contributed by atoms with E-state index in [9.17, 15) is 19.5 Å². The van der Waals surface area contributed by atoms with Crippen LogP contribution in [0, 0.1) is 0 Å². The molecule has 2 aromatic carbocycles. The van der Waals surface area contributed by atoms with Gasteiger partial charge in [-0.1, -0.05) is 25.5 Å². The number of hydrazone groups is 1. The van der Waals surface area contributed by atoms with Crippen LogP contribution in [-0.4, -0.2) is 46.9 Å². The number of aromatic carboxylic acids is 1. The molecule has 0 fully saturated rings. The highest BCUT2D eigenvalue weighted by atomic mass is 32.1. The Kier molecular flexibility index (Phi) is 7.83. The van der Waals surface area contributed by atoms with Gasteiger partial charge in [-0.3, -0.25) is 4.79 Å². The Hall–Kier alpha value is -4.24. The molecular formula is C28H27N3O5S. The standard InChI is InChI=1S/C28H27N3O5S/c1-3-5-16-30(4-2)20-10-6-18(7-11-20)24-15-14-22(37-24)17-23-25(28(35)36)29-31(26(23)32)21-12-8-19(9-13-21)27(33)34/h6-15,17H,3-5,16H2,1-2H3,(H,33,34)(H,35,36)/b23-17-. The van der Waals surface area contributed by atoms with Crippen LogP contribution in [0.5, 0.6) is 0 Å². The molecule has 3 aromatic rings. The van der Waals surface area contributed by atoms with Gasteiger partial charge in [0.2, 0.25) is 0 Å². The van der Waals surface area contributed by atoms with Crippen LogP contribution in [0.3, 0.4) is 0 Å². The van der Waals surface area contributed by atoms with Crippen molar-refractivity contribution >= 4 is 52.3 Å². The monoisotopic (exact) mass is 517 g/mol. The molecule has 1 aromatic heterocycles. The van der Waals surface area contributed by atoms with Crippen LogP contribution in [0.1, 0.15) is 41.9 Å². The molecule has 0 bridgehead atoms. The van der Waals surface area contributed by atoms with Gasteiger partial charge in [0.1, 0.15) is 0 Å². The van der Waals surface area contributed by atoms with Gasteiger partial charge in [-0.05, 0) is 73.5 Å². The largest absolute Gasteiger partial charge is 0.478 e. The van der Waals surface area contributed by atoms with Crippen molar-refractivity contribution < 1.29 is 24.6 Å². The fourth-order valence-corrected chi connectivity index (χ4v) is 4.96. The lowest BCUT2D eigenvalue weighted by atomic mass is 10.1. The highest BCUT2D eigenvalue weighted by Crippen LogP contribution is 2.32. The summed E-state index contributed by atoms with van der Waals surface area (Å²) in [6.45, 7) is 6.29. The maximum Gasteiger partial charge on any atom is 0.357 e. The number of rotatable bonds is 10. The van der Waals surface area contributed by atoms with Crippen LogP contribution in [0.25, 0.3) is 16.5 Å². The maximum atomic E-state index is 13.1. The van der Waals surface area contributed by atoms with E-state index < -0.39 is 17.8 Å². The molecule has 8 nitrogen and oxygen atoms in total. The Balaban J connectivity index is 1.57. The molecule has 0 radical (unpaired) electrons. The molecule has 1 aliphatic heterocycles. The Labute approximate surface area is 218 Å². The molecule has 1 amide bonds. The van der Waals surface area contributed by atoms with Crippen molar-refractivity contribution in [2.24, 2.45) is 5.10 Å². The summed E-state index contributed by atoms with van der Waals surface area (Å²) in [6.07, 6.45) is 3.82. The summed E-state index contributed by atoms with van der Waals surface area (Å²) in [5.74, 6) is -3.01. The Bertz CT molecular complexity index is 1370. The molecule has 0 atom stereocenters. The average molecular weight is 518 g/mol. The number of unbranched alkanes of at least 4 members (excludes halogenated alkanes) is 1. The van der Waals surface area contributed by atoms with Crippen LogP contribution in [-0.2, 0) is 9.59 Å². The second-order valence-corrected chi connectivity index (χ2v) is 9.58. The summed E-state index contributed by atoms with van der Waals surface area (Å²) in [5.41, 5.74) is 2.15. The molecule has 4 rings (SSSR count). The number of hydrogen-bond donors (Lipinski definition) is 2. The maximum absolute atomic E-state index is 13.1. The third-order valence-electron chi connectivity index (χ3n) is 6.03. The normalized spacial score (nSPS) is 14.2. The molecule has 1 aliphatic rings. The Morgan fingerprint density at radius 2 is 1.68 bits per heavy atom. The number of anilines is 2. The molecule has 37 heavy (non-hydrogen) atoms. The predicted molar refractivity (Wildman–Crippen MR) is 146 cm³/mol. The molecule has 0 saturated heterocycles. The van der Waals surface area contributed by atoms with Gasteiger partial charge in [0.15, 0.2) is 5.71 Å².